The molecule has 0 saturated carbocycles. The number of aromatic nitrogens is 2. The van der Waals surface area contributed by atoms with Crippen LogP contribution in [-0.2, 0) is 19.5 Å². The zero-order valence-electron chi connectivity index (χ0n) is 17.0. The van der Waals surface area contributed by atoms with E-state index in [-0.39, 0.29) is 24.0 Å². The fourth-order valence-electron chi connectivity index (χ4n) is 2.97. The number of hydrogen-bond donors (Lipinski definition) is 2. The highest BCUT2D eigenvalue weighted by Crippen LogP contribution is 2.13. The molecule has 5 nitrogen and oxygen atoms in total. The van der Waals surface area contributed by atoms with Gasteiger partial charge in [0.1, 0.15) is 0 Å². The van der Waals surface area contributed by atoms with Crippen molar-refractivity contribution in [1.82, 2.24) is 20.2 Å². The molecule has 2 aromatic heterocycles. The van der Waals surface area contributed by atoms with Gasteiger partial charge in [-0.15, -0.1) is 35.3 Å². The second-order valence-electron chi connectivity index (χ2n) is 7.02. The SMILES string of the molecule is CCNC(=NCc1ccc(Cn2ccnc2)cc1)NCC(C)Cc1cccs1.I. The summed E-state index contributed by atoms with van der Waals surface area (Å²) in [5, 5.41) is 8.96. The maximum Gasteiger partial charge on any atom is 0.191 e. The van der Waals surface area contributed by atoms with Crippen LogP contribution in [0.25, 0.3) is 0 Å². The van der Waals surface area contributed by atoms with E-state index in [1.54, 1.807) is 6.20 Å². The summed E-state index contributed by atoms with van der Waals surface area (Å²) in [5.74, 6) is 1.44. The summed E-state index contributed by atoms with van der Waals surface area (Å²) in [5.41, 5.74) is 2.47. The molecule has 1 aromatic carbocycles. The molecule has 0 spiro atoms. The van der Waals surface area contributed by atoms with Crippen molar-refractivity contribution in [3.8, 4) is 0 Å². The summed E-state index contributed by atoms with van der Waals surface area (Å²) in [6.45, 7) is 7.64. The second-order valence-corrected chi connectivity index (χ2v) is 8.05. The average Bonchev–Trinajstić information content (AvgIpc) is 3.39. The van der Waals surface area contributed by atoms with E-state index >= 15 is 0 Å². The quantitative estimate of drug-likeness (QED) is 0.246. The zero-order chi connectivity index (χ0) is 19.6. The van der Waals surface area contributed by atoms with E-state index in [4.69, 9.17) is 4.99 Å². The van der Waals surface area contributed by atoms with Crippen LogP contribution in [0.5, 0.6) is 0 Å². The first-order valence-electron chi connectivity index (χ1n) is 9.81. The monoisotopic (exact) mass is 523 g/mol. The number of thiophene rings is 1. The first-order valence-corrected chi connectivity index (χ1v) is 10.7. The fraction of sp³-hybridized carbons (Fsp3) is 0.364. The first-order chi connectivity index (χ1) is 13.7. The minimum Gasteiger partial charge on any atom is -0.357 e. The van der Waals surface area contributed by atoms with Gasteiger partial charge in [-0.1, -0.05) is 37.3 Å². The van der Waals surface area contributed by atoms with E-state index in [1.807, 2.05) is 23.9 Å². The topological polar surface area (TPSA) is 54.2 Å². The molecule has 0 aliphatic rings. The van der Waals surface area contributed by atoms with Gasteiger partial charge in [-0.2, -0.15) is 0 Å². The summed E-state index contributed by atoms with van der Waals surface area (Å²) in [4.78, 5) is 10.3. The molecular formula is C22H30IN5S. The van der Waals surface area contributed by atoms with Crippen LogP contribution < -0.4 is 10.6 Å². The molecule has 0 aliphatic heterocycles. The molecule has 1 atom stereocenters. The third kappa shape index (κ3) is 8.18. The molecule has 2 N–H and O–H groups in total. The Labute approximate surface area is 194 Å². The summed E-state index contributed by atoms with van der Waals surface area (Å²) < 4.78 is 2.07. The molecule has 1 unspecified atom stereocenters. The molecule has 0 fully saturated rings. The number of aliphatic imine (C=N–C) groups is 1. The molecule has 0 bridgehead atoms. The van der Waals surface area contributed by atoms with Gasteiger partial charge < -0.3 is 15.2 Å². The van der Waals surface area contributed by atoms with Gasteiger partial charge in [-0.25, -0.2) is 9.98 Å². The lowest BCUT2D eigenvalue weighted by Crippen LogP contribution is -2.39. The third-order valence-electron chi connectivity index (χ3n) is 4.46. The number of halogens is 1. The van der Waals surface area contributed by atoms with E-state index in [1.165, 1.54) is 16.0 Å². The minimum atomic E-state index is 0. The van der Waals surface area contributed by atoms with Crippen molar-refractivity contribution in [2.24, 2.45) is 10.9 Å². The number of imidazole rings is 1. The van der Waals surface area contributed by atoms with E-state index in [9.17, 15) is 0 Å². The van der Waals surface area contributed by atoms with Crippen LogP contribution in [0.3, 0.4) is 0 Å². The van der Waals surface area contributed by atoms with Crippen molar-refractivity contribution < 1.29 is 0 Å². The molecule has 0 saturated heterocycles. The van der Waals surface area contributed by atoms with Gasteiger partial charge in [0, 0.05) is 36.9 Å². The van der Waals surface area contributed by atoms with Crippen molar-refractivity contribution in [1.29, 1.82) is 0 Å². The normalized spacial score (nSPS) is 12.3. The van der Waals surface area contributed by atoms with E-state index in [0.717, 1.165) is 32.0 Å². The molecule has 0 amide bonds. The predicted octanol–water partition coefficient (Wildman–Crippen LogP) is 4.54. The van der Waals surface area contributed by atoms with Crippen molar-refractivity contribution in [3.63, 3.8) is 0 Å². The van der Waals surface area contributed by atoms with Gasteiger partial charge in [0.2, 0.25) is 0 Å². The highest BCUT2D eigenvalue weighted by molar-refractivity contribution is 14.0. The lowest BCUT2D eigenvalue weighted by atomic mass is 10.1. The highest BCUT2D eigenvalue weighted by atomic mass is 127. The second kappa shape index (κ2) is 12.6. The van der Waals surface area contributed by atoms with E-state index < -0.39 is 0 Å². The Kier molecular flexibility index (Phi) is 10.2. The summed E-state index contributed by atoms with van der Waals surface area (Å²) in [7, 11) is 0. The Morgan fingerprint density at radius 1 is 1.17 bits per heavy atom. The maximum atomic E-state index is 4.74. The van der Waals surface area contributed by atoms with Gasteiger partial charge in [0.25, 0.3) is 0 Å². The number of benzene rings is 1. The average molecular weight is 523 g/mol. The number of nitrogens with zero attached hydrogens (tertiary/aromatic N) is 3. The van der Waals surface area contributed by atoms with E-state index in [0.29, 0.717) is 12.5 Å². The smallest absolute Gasteiger partial charge is 0.191 e. The van der Waals surface area contributed by atoms with Gasteiger partial charge >= 0.3 is 0 Å². The summed E-state index contributed by atoms with van der Waals surface area (Å²) >= 11 is 1.83. The molecular weight excluding hydrogens is 493 g/mol. The molecule has 2 heterocycles. The number of guanidine groups is 1. The lowest BCUT2D eigenvalue weighted by molar-refractivity contribution is 0.562. The van der Waals surface area contributed by atoms with Gasteiger partial charge in [0.15, 0.2) is 5.96 Å². The molecule has 3 aromatic rings. The molecule has 156 valence electrons. The summed E-state index contributed by atoms with van der Waals surface area (Å²) in [6.07, 6.45) is 6.72. The Morgan fingerprint density at radius 2 is 1.97 bits per heavy atom. The van der Waals surface area contributed by atoms with Crippen LogP contribution in [0.15, 0.2) is 65.5 Å². The van der Waals surface area contributed by atoms with Crippen LogP contribution in [-0.4, -0.2) is 28.6 Å². The fourth-order valence-corrected chi connectivity index (χ4v) is 3.84. The Balaban J connectivity index is 0.00000300. The van der Waals surface area contributed by atoms with E-state index in [2.05, 4.69) is 75.8 Å². The van der Waals surface area contributed by atoms with Gasteiger partial charge in [-0.3, -0.25) is 0 Å². The van der Waals surface area contributed by atoms with Crippen LogP contribution in [0.4, 0.5) is 0 Å². The largest absolute Gasteiger partial charge is 0.357 e. The molecule has 29 heavy (non-hydrogen) atoms. The standard InChI is InChI=1S/C22H29N5S.HI/c1-3-24-22(25-14-18(2)13-21-5-4-12-28-21)26-15-19-6-8-20(9-7-19)16-27-11-10-23-17-27;/h4-12,17-18H,3,13-16H2,1-2H3,(H2,24,25,26);1H. The van der Waals surface area contributed by atoms with Crippen LogP contribution in [0, 0.1) is 5.92 Å². The summed E-state index contributed by atoms with van der Waals surface area (Å²) in [6, 6.07) is 12.9. The van der Waals surface area contributed by atoms with Crippen LogP contribution in [0.1, 0.15) is 29.9 Å². The van der Waals surface area contributed by atoms with Crippen molar-refractivity contribution in [2.75, 3.05) is 13.1 Å². The Hall–Kier alpha value is -1.87. The van der Waals surface area contributed by atoms with Crippen molar-refractivity contribution in [3.05, 3.63) is 76.5 Å². The highest BCUT2D eigenvalue weighted by Gasteiger charge is 2.06. The molecule has 0 aliphatic carbocycles. The van der Waals surface area contributed by atoms with Gasteiger partial charge in [-0.05, 0) is 41.8 Å². The van der Waals surface area contributed by atoms with Crippen molar-refractivity contribution >= 4 is 41.3 Å². The Morgan fingerprint density at radius 3 is 2.62 bits per heavy atom. The minimum absolute atomic E-state index is 0. The molecule has 3 rings (SSSR count). The number of rotatable bonds is 9. The first kappa shape index (κ1) is 23.4. The molecule has 7 heteroatoms. The number of hydrogen-bond acceptors (Lipinski definition) is 3. The van der Waals surface area contributed by atoms with Gasteiger partial charge in [0.05, 0.1) is 12.9 Å². The predicted molar refractivity (Wildman–Crippen MR) is 133 cm³/mol. The van der Waals surface area contributed by atoms with Crippen LogP contribution >= 0.6 is 35.3 Å². The maximum absolute atomic E-state index is 4.74. The molecule has 0 radical (unpaired) electrons. The number of nitrogens with one attached hydrogen (secondary N) is 2. The zero-order valence-corrected chi connectivity index (χ0v) is 20.2. The lowest BCUT2D eigenvalue weighted by Gasteiger charge is -2.15. The van der Waals surface area contributed by atoms with Crippen molar-refractivity contribution in [2.45, 2.75) is 33.4 Å². The van der Waals surface area contributed by atoms with Crippen LogP contribution in [0.2, 0.25) is 0 Å². The Bertz CT molecular complexity index is 829. The third-order valence-corrected chi connectivity index (χ3v) is 5.36.